The van der Waals surface area contributed by atoms with Crippen molar-refractivity contribution in [3.63, 3.8) is 0 Å². The minimum Gasteiger partial charge on any atom is -0.305 e. The van der Waals surface area contributed by atoms with Gasteiger partial charge in [-0.2, -0.15) is 5.10 Å². The van der Waals surface area contributed by atoms with Crippen LogP contribution in [-0.4, -0.2) is 16.3 Å². The summed E-state index contributed by atoms with van der Waals surface area (Å²) in [5, 5.41) is 7.74. The summed E-state index contributed by atoms with van der Waals surface area (Å²) in [6.45, 7) is 5.16. The Morgan fingerprint density at radius 2 is 1.94 bits per heavy atom. The van der Waals surface area contributed by atoms with Gasteiger partial charge in [0.2, 0.25) is 0 Å². The van der Waals surface area contributed by atoms with Crippen LogP contribution in [0, 0.1) is 6.92 Å². The van der Waals surface area contributed by atoms with E-state index in [0.29, 0.717) is 0 Å². The van der Waals surface area contributed by atoms with E-state index in [4.69, 9.17) is 0 Å². The van der Waals surface area contributed by atoms with Gasteiger partial charge in [0.1, 0.15) is 0 Å². The lowest BCUT2D eigenvalue weighted by Gasteiger charge is -2.18. The Bertz CT molecular complexity index is 470. The number of benzene rings is 1. The lowest BCUT2D eigenvalue weighted by atomic mass is 10.0. The minimum atomic E-state index is 0.216. The van der Waals surface area contributed by atoms with Crippen molar-refractivity contribution in [1.82, 2.24) is 15.1 Å². The molecule has 0 aliphatic rings. The second-order valence-electron chi connectivity index (χ2n) is 4.28. The van der Waals surface area contributed by atoms with Crippen LogP contribution in [-0.2, 0) is 7.05 Å². The predicted octanol–water partition coefficient (Wildman–Crippen LogP) is 2.43. The Labute approximate surface area is 102 Å². The molecule has 1 unspecified atom stereocenters. The van der Waals surface area contributed by atoms with Crippen LogP contribution >= 0.6 is 0 Å². The molecule has 2 rings (SSSR count). The number of aryl methyl sites for hydroxylation is 2. The van der Waals surface area contributed by atoms with E-state index in [-0.39, 0.29) is 6.04 Å². The Kier molecular flexibility index (Phi) is 3.59. The van der Waals surface area contributed by atoms with Crippen LogP contribution in [0.5, 0.6) is 0 Å². The summed E-state index contributed by atoms with van der Waals surface area (Å²) in [5.41, 5.74) is 3.76. The molecule has 1 aromatic carbocycles. The molecule has 1 heterocycles. The van der Waals surface area contributed by atoms with Crippen molar-refractivity contribution in [3.8, 4) is 0 Å². The lowest BCUT2D eigenvalue weighted by molar-refractivity contribution is 0.572. The maximum atomic E-state index is 4.24. The molecule has 0 aliphatic carbocycles. The van der Waals surface area contributed by atoms with Crippen LogP contribution in [0.25, 0.3) is 0 Å². The predicted molar refractivity (Wildman–Crippen MR) is 69.9 cm³/mol. The Morgan fingerprint density at radius 3 is 2.47 bits per heavy atom. The van der Waals surface area contributed by atoms with E-state index >= 15 is 0 Å². The summed E-state index contributed by atoms with van der Waals surface area (Å²) in [5.74, 6) is 0. The molecule has 3 nitrogen and oxygen atoms in total. The maximum absolute atomic E-state index is 4.24. The monoisotopic (exact) mass is 229 g/mol. The van der Waals surface area contributed by atoms with Gasteiger partial charge in [-0.05, 0) is 25.1 Å². The Morgan fingerprint density at radius 1 is 1.24 bits per heavy atom. The minimum absolute atomic E-state index is 0.216. The van der Waals surface area contributed by atoms with Gasteiger partial charge in [0.15, 0.2) is 0 Å². The highest BCUT2D eigenvalue weighted by Crippen LogP contribution is 2.21. The summed E-state index contributed by atoms with van der Waals surface area (Å²) in [7, 11) is 1.98. The highest BCUT2D eigenvalue weighted by atomic mass is 15.3. The van der Waals surface area contributed by atoms with Crippen LogP contribution in [0.4, 0.5) is 0 Å². The fraction of sp³-hybridized carbons (Fsp3) is 0.357. The van der Waals surface area contributed by atoms with Crippen molar-refractivity contribution in [2.24, 2.45) is 7.05 Å². The molecule has 3 heteroatoms. The fourth-order valence-corrected chi connectivity index (χ4v) is 2.02. The van der Waals surface area contributed by atoms with E-state index in [1.54, 1.807) is 0 Å². The number of nitrogens with zero attached hydrogens (tertiary/aromatic N) is 2. The first kappa shape index (κ1) is 11.9. The molecule has 0 saturated heterocycles. The molecule has 90 valence electrons. The van der Waals surface area contributed by atoms with Crippen molar-refractivity contribution in [3.05, 3.63) is 53.3 Å². The molecule has 0 saturated carbocycles. The lowest BCUT2D eigenvalue weighted by Crippen LogP contribution is -2.24. The molecular weight excluding hydrogens is 210 g/mol. The maximum Gasteiger partial charge on any atom is 0.0748 e. The molecule has 0 radical (unpaired) electrons. The summed E-state index contributed by atoms with van der Waals surface area (Å²) < 4.78 is 1.92. The SMILES string of the molecule is CCNC(c1ccc(C)cc1)c1ccnn1C. The quantitative estimate of drug-likeness (QED) is 0.872. The third-order valence-electron chi connectivity index (χ3n) is 2.97. The van der Waals surface area contributed by atoms with Crippen LogP contribution in [0.2, 0.25) is 0 Å². The van der Waals surface area contributed by atoms with Crippen molar-refractivity contribution < 1.29 is 0 Å². The van der Waals surface area contributed by atoms with Crippen molar-refractivity contribution in [1.29, 1.82) is 0 Å². The molecule has 0 amide bonds. The van der Waals surface area contributed by atoms with Gasteiger partial charge < -0.3 is 5.32 Å². The summed E-state index contributed by atoms with van der Waals surface area (Å²) in [6.07, 6.45) is 1.84. The van der Waals surface area contributed by atoms with Gasteiger partial charge in [-0.3, -0.25) is 4.68 Å². The van der Waals surface area contributed by atoms with E-state index in [1.807, 2.05) is 17.9 Å². The molecule has 0 aliphatic heterocycles. The highest BCUT2D eigenvalue weighted by Gasteiger charge is 2.15. The smallest absolute Gasteiger partial charge is 0.0748 e. The largest absolute Gasteiger partial charge is 0.305 e. The second kappa shape index (κ2) is 5.15. The number of aromatic nitrogens is 2. The van der Waals surface area contributed by atoms with E-state index in [0.717, 1.165) is 6.54 Å². The number of hydrogen-bond acceptors (Lipinski definition) is 2. The standard InChI is InChI=1S/C14H19N3/c1-4-15-14(13-9-10-16-17(13)3)12-7-5-11(2)6-8-12/h5-10,14-15H,4H2,1-3H3. The normalized spacial score (nSPS) is 12.6. The van der Waals surface area contributed by atoms with E-state index < -0.39 is 0 Å². The average molecular weight is 229 g/mol. The van der Waals surface area contributed by atoms with Gasteiger partial charge in [-0.25, -0.2) is 0 Å². The first-order valence-corrected chi connectivity index (χ1v) is 6.00. The first-order chi connectivity index (χ1) is 8.22. The number of nitrogens with one attached hydrogen (secondary N) is 1. The summed E-state index contributed by atoms with van der Waals surface area (Å²) >= 11 is 0. The molecule has 1 aromatic heterocycles. The van der Waals surface area contributed by atoms with Gasteiger partial charge in [-0.15, -0.1) is 0 Å². The molecular formula is C14H19N3. The molecule has 0 spiro atoms. The molecule has 1 atom stereocenters. The molecule has 0 bridgehead atoms. The third kappa shape index (κ3) is 2.56. The number of hydrogen-bond donors (Lipinski definition) is 1. The molecule has 17 heavy (non-hydrogen) atoms. The van der Waals surface area contributed by atoms with E-state index in [1.165, 1.54) is 16.8 Å². The Hall–Kier alpha value is -1.61. The van der Waals surface area contributed by atoms with Crippen LogP contribution in [0.3, 0.4) is 0 Å². The van der Waals surface area contributed by atoms with E-state index in [9.17, 15) is 0 Å². The second-order valence-corrected chi connectivity index (χ2v) is 4.28. The van der Waals surface area contributed by atoms with Crippen LogP contribution in [0.1, 0.15) is 29.8 Å². The van der Waals surface area contributed by atoms with Crippen molar-refractivity contribution >= 4 is 0 Å². The van der Waals surface area contributed by atoms with Gasteiger partial charge in [-0.1, -0.05) is 36.8 Å². The Balaban J connectivity index is 2.35. The van der Waals surface area contributed by atoms with Crippen LogP contribution in [0.15, 0.2) is 36.5 Å². The van der Waals surface area contributed by atoms with Gasteiger partial charge in [0, 0.05) is 13.2 Å². The average Bonchev–Trinajstić information content (AvgIpc) is 2.74. The zero-order chi connectivity index (χ0) is 12.3. The van der Waals surface area contributed by atoms with Gasteiger partial charge >= 0.3 is 0 Å². The van der Waals surface area contributed by atoms with Gasteiger partial charge in [0.05, 0.1) is 11.7 Å². The summed E-state index contributed by atoms with van der Waals surface area (Å²) in [6, 6.07) is 10.9. The molecule has 0 fully saturated rings. The van der Waals surface area contributed by atoms with Crippen molar-refractivity contribution in [2.75, 3.05) is 6.54 Å². The number of rotatable bonds is 4. The molecule has 2 aromatic rings. The van der Waals surface area contributed by atoms with Gasteiger partial charge in [0.25, 0.3) is 0 Å². The first-order valence-electron chi connectivity index (χ1n) is 6.00. The van der Waals surface area contributed by atoms with E-state index in [2.05, 4.69) is 54.6 Å². The highest BCUT2D eigenvalue weighted by molar-refractivity contribution is 5.30. The zero-order valence-electron chi connectivity index (χ0n) is 10.6. The third-order valence-corrected chi connectivity index (χ3v) is 2.97. The molecule has 1 N–H and O–H groups in total. The van der Waals surface area contributed by atoms with Crippen LogP contribution < -0.4 is 5.32 Å². The summed E-state index contributed by atoms with van der Waals surface area (Å²) in [4.78, 5) is 0. The van der Waals surface area contributed by atoms with Crippen molar-refractivity contribution in [2.45, 2.75) is 19.9 Å². The topological polar surface area (TPSA) is 29.9 Å². The fourth-order valence-electron chi connectivity index (χ4n) is 2.02. The zero-order valence-corrected chi connectivity index (χ0v) is 10.6.